The van der Waals surface area contributed by atoms with E-state index in [1.807, 2.05) is 0 Å². The smallest absolute Gasteiger partial charge is 0.335 e. The molecule has 0 aliphatic rings. The molecule has 0 aliphatic carbocycles. The lowest BCUT2D eigenvalue weighted by molar-refractivity contribution is -0.386. The van der Waals surface area contributed by atoms with Gasteiger partial charge in [-0.15, -0.1) is 0 Å². The molecule has 94 valence electrons. The molecule has 1 aromatic rings. The largest absolute Gasteiger partial charge is 0.355 e. The second-order valence-electron chi connectivity index (χ2n) is 3.39. The van der Waals surface area contributed by atoms with E-state index in [-0.39, 0.29) is 5.91 Å². The number of hydrogen-bond donors (Lipinski definition) is 2. The standard InChI is InChI=1S/C11H11N3O4/c1-8(15)12-5-3-2-4-9-6-10(14(17)18)11(16)13-7-9/h6-7H,3,5H2,1H3,(H,12,15)(H,13,16). The van der Waals surface area contributed by atoms with Crippen LogP contribution >= 0.6 is 0 Å². The lowest BCUT2D eigenvalue weighted by Crippen LogP contribution is -2.20. The minimum Gasteiger partial charge on any atom is -0.355 e. The Labute approximate surface area is 102 Å². The van der Waals surface area contributed by atoms with Crippen LogP contribution in [0.3, 0.4) is 0 Å². The summed E-state index contributed by atoms with van der Waals surface area (Å²) in [6, 6.07) is 1.12. The van der Waals surface area contributed by atoms with Crippen LogP contribution in [-0.2, 0) is 4.79 Å². The Morgan fingerprint density at radius 3 is 2.94 bits per heavy atom. The molecule has 7 heteroatoms. The van der Waals surface area contributed by atoms with Crippen molar-refractivity contribution < 1.29 is 9.72 Å². The Morgan fingerprint density at radius 2 is 2.33 bits per heavy atom. The van der Waals surface area contributed by atoms with Crippen molar-refractivity contribution in [1.82, 2.24) is 10.3 Å². The van der Waals surface area contributed by atoms with Crippen molar-refractivity contribution >= 4 is 11.6 Å². The number of carbonyl (C=O) groups is 1. The molecular weight excluding hydrogens is 238 g/mol. The van der Waals surface area contributed by atoms with Gasteiger partial charge in [-0.2, -0.15) is 0 Å². The van der Waals surface area contributed by atoms with Crippen LogP contribution in [0.25, 0.3) is 0 Å². The Morgan fingerprint density at radius 1 is 1.61 bits per heavy atom. The van der Waals surface area contributed by atoms with E-state index in [4.69, 9.17) is 0 Å². The third-order valence-corrected chi connectivity index (χ3v) is 1.94. The predicted octanol–water partition coefficient (Wildman–Crippen LogP) is 0.161. The molecular formula is C11H11N3O4. The molecule has 18 heavy (non-hydrogen) atoms. The maximum atomic E-state index is 11.1. The van der Waals surface area contributed by atoms with Crippen molar-refractivity contribution in [3.05, 3.63) is 38.3 Å². The minimum absolute atomic E-state index is 0.142. The van der Waals surface area contributed by atoms with Crippen LogP contribution in [0.2, 0.25) is 0 Å². The third-order valence-electron chi connectivity index (χ3n) is 1.94. The first kappa shape index (κ1) is 13.4. The number of aromatic nitrogens is 1. The Kier molecular flexibility index (Phi) is 4.63. The first-order chi connectivity index (χ1) is 8.50. The van der Waals surface area contributed by atoms with Crippen LogP contribution in [0.5, 0.6) is 0 Å². The summed E-state index contributed by atoms with van der Waals surface area (Å²) in [4.78, 5) is 33.6. The topological polar surface area (TPSA) is 105 Å². The monoisotopic (exact) mass is 249 g/mol. The number of aromatic amines is 1. The van der Waals surface area contributed by atoms with E-state index in [0.717, 1.165) is 6.07 Å². The Bertz CT molecular complexity index is 580. The van der Waals surface area contributed by atoms with E-state index < -0.39 is 16.2 Å². The van der Waals surface area contributed by atoms with Gasteiger partial charge in [0.25, 0.3) is 0 Å². The summed E-state index contributed by atoms with van der Waals surface area (Å²) in [6.45, 7) is 1.81. The highest BCUT2D eigenvalue weighted by Crippen LogP contribution is 2.04. The molecule has 0 aromatic carbocycles. The molecule has 0 saturated carbocycles. The van der Waals surface area contributed by atoms with Crippen molar-refractivity contribution in [2.24, 2.45) is 0 Å². The summed E-state index contributed by atoms with van der Waals surface area (Å²) in [7, 11) is 0. The molecule has 1 heterocycles. The number of amides is 1. The highest BCUT2D eigenvalue weighted by atomic mass is 16.6. The quantitative estimate of drug-likeness (QED) is 0.344. The van der Waals surface area contributed by atoms with Crippen molar-refractivity contribution in [2.45, 2.75) is 13.3 Å². The van der Waals surface area contributed by atoms with Gasteiger partial charge in [0, 0.05) is 37.7 Å². The second-order valence-corrected chi connectivity index (χ2v) is 3.39. The fourth-order valence-corrected chi connectivity index (χ4v) is 1.15. The van der Waals surface area contributed by atoms with Gasteiger partial charge in [0.2, 0.25) is 5.91 Å². The van der Waals surface area contributed by atoms with Crippen LogP contribution in [0, 0.1) is 22.0 Å². The van der Waals surface area contributed by atoms with E-state index in [9.17, 15) is 19.7 Å². The van der Waals surface area contributed by atoms with Crippen molar-refractivity contribution in [3.63, 3.8) is 0 Å². The van der Waals surface area contributed by atoms with Crippen LogP contribution < -0.4 is 10.9 Å². The van der Waals surface area contributed by atoms with E-state index >= 15 is 0 Å². The number of carbonyl (C=O) groups excluding carboxylic acids is 1. The first-order valence-corrected chi connectivity index (χ1v) is 5.11. The molecule has 0 aliphatic heterocycles. The van der Waals surface area contributed by atoms with Gasteiger partial charge >= 0.3 is 11.2 Å². The SMILES string of the molecule is CC(=O)NCCC#Cc1c[nH]c(=O)c([N+](=O)[O-])c1. The maximum absolute atomic E-state index is 11.1. The highest BCUT2D eigenvalue weighted by Gasteiger charge is 2.11. The fraction of sp³-hybridized carbons (Fsp3) is 0.273. The summed E-state index contributed by atoms with van der Waals surface area (Å²) >= 11 is 0. The number of nitrogens with one attached hydrogen (secondary N) is 2. The van der Waals surface area contributed by atoms with Gasteiger partial charge in [-0.25, -0.2) is 0 Å². The third kappa shape index (κ3) is 4.09. The highest BCUT2D eigenvalue weighted by molar-refractivity contribution is 5.72. The fourth-order valence-electron chi connectivity index (χ4n) is 1.15. The van der Waals surface area contributed by atoms with Crippen LogP contribution in [0.1, 0.15) is 18.9 Å². The van der Waals surface area contributed by atoms with Crippen molar-refractivity contribution in [2.75, 3.05) is 6.54 Å². The van der Waals surface area contributed by atoms with Crippen molar-refractivity contribution in [3.8, 4) is 11.8 Å². The lowest BCUT2D eigenvalue weighted by atomic mass is 10.2. The van der Waals surface area contributed by atoms with Gasteiger partial charge in [0.1, 0.15) is 0 Å². The van der Waals surface area contributed by atoms with Crippen molar-refractivity contribution in [1.29, 1.82) is 0 Å². The maximum Gasteiger partial charge on any atom is 0.335 e. The van der Waals surface area contributed by atoms with Crippen LogP contribution in [-0.4, -0.2) is 22.4 Å². The molecule has 0 saturated heterocycles. The summed E-state index contributed by atoms with van der Waals surface area (Å²) in [5, 5.41) is 13.1. The zero-order chi connectivity index (χ0) is 13.5. The van der Waals surface area contributed by atoms with Gasteiger partial charge in [-0.05, 0) is 0 Å². The zero-order valence-corrected chi connectivity index (χ0v) is 9.65. The number of pyridine rings is 1. The average Bonchev–Trinajstić information content (AvgIpc) is 2.30. The summed E-state index contributed by atoms with van der Waals surface area (Å²) in [6.07, 6.45) is 1.73. The normalized spacial score (nSPS) is 9.17. The molecule has 1 rings (SSSR count). The van der Waals surface area contributed by atoms with E-state index in [2.05, 4.69) is 22.1 Å². The lowest BCUT2D eigenvalue weighted by Gasteiger charge is -1.95. The first-order valence-electron chi connectivity index (χ1n) is 5.11. The molecule has 0 atom stereocenters. The van der Waals surface area contributed by atoms with E-state index in [0.29, 0.717) is 18.5 Å². The van der Waals surface area contributed by atoms with E-state index in [1.165, 1.54) is 13.1 Å². The zero-order valence-electron chi connectivity index (χ0n) is 9.65. The summed E-state index contributed by atoms with van der Waals surface area (Å²) in [5.74, 6) is 5.26. The van der Waals surface area contributed by atoms with Gasteiger partial charge < -0.3 is 10.3 Å². The summed E-state index contributed by atoms with van der Waals surface area (Å²) in [5.41, 5.74) is -0.948. The number of rotatable bonds is 3. The summed E-state index contributed by atoms with van der Waals surface area (Å²) < 4.78 is 0. The number of H-pyrrole nitrogens is 1. The molecule has 7 nitrogen and oxygen atoms in total. The van der Waals surface area contributed by atoms with Gasteiger partial charge in [0.05, 0.1) is 4.92 Å². The Hall–Kier alpha value is -2.62. The van der Waals surface area contributed by atoms with Gasteiger partial charge in [-0.1, -0.05) is 11.8 Å². The number of nitro groups is 1. The van der Waals surface area contributed by atoms with Crippen LogP contribution in [0.15, 0.2) is 17.1 Å². The molecule has 2 N–H and O–H groups in total. The average molecular weight is 249 g/mol. The van der Waals surface area contributed by atoms with Gasteiger partial charge in [-0.3, -0.25) is 19.7 Å². The molecule has 0 unspecified atom stereocenters. The number of nitrogens with zero attached hydrogens (tertiary/aromatic N) is 1. The molecule has 0 bridgehead atoms. The van der Waals surface area contributed by atoms with E-state index in [1.54, 1.807) is 0 Å². The predicted molar refractivity (Wildman–Crippen MR) is 63.9 cm³/mol. The molecule has 0 fully saturated rings. The molecule has 0 spiro atoms. The Balaban J connectivity index is 2.71. The minimum atomic E-state index is -0.763. The second kappa shape index (κ2) is 6.20. The molecule has 1 amide bonds. The number of hydrogen-bond acceptors (Lipinski definition) is 4. The van der Waals surface area contributed by atoms with Crippen LogP contribution in [0.4, 0.5) is 5.69 Å². The molecule has 0 radical (unpaired) electrons. The molecule has 1 aromatic heterocycles. The van der Waals surface area contributed by atoms with Gasteiger partial charge in [0.15, 0.2) is 0 Å².